The lowest BCUT2D eigenvalue weighted by atomic mass is 10.1. The summed E-state index contributed by atoms with van der Waals surface area (Å²) in [5.74, 6) is -1.63. The Morgan fingerprint density at radius 1 is 1.06 bits per heavy atom. The molecular weight excluding hydrogens is 232 g/mol. The number of ether oxygens (including phenoxy) is 1. The maximum atomic E-state index is 10.9. The van der Waals surface area contributed by atoms with E-state index in [0.29, 0.717) is 5.75 Å². The van der Waals surface area contributed by atoms with Gasteiger partial charge in [0.25, 0.3) is 0 Å². The molecule has 1 N–H and O–H groups in total. The SMILES string of the molecule is O=C(O)C(=O)CCOc1ccc2ccccc2c1. The number of hydrogen-bond donors (Lipinski definition) is 1. The van der Waals surface area contributed by atoms with Crippen molar-refractivity contribution in [3.63, 3.8) is 0 Å². The molecule has 0 amide bonds. The number of carboxylic acids is 1. The number of carboxylic acid groups (broad SMARTS) is 1. The van der Waals surface area contributed by atoms with Crippen LogP contribution < -0.4 is 4.74 Å². The zero-order valence-electron chi connectivity index (χ0n) is 9.63. The second kappa shape index (κ2) is 5.31. The van der Waals surface area contributed by atoms with Gasteiger partial charge in [-0.3, -0.25) is 4.79 Å². The van der Waals surface area contributed by atoms with E-state index in [4.69, 9.17) is 9.84 Å². The van der Waals surface area contributed by atoms with Crippen molar-refractivity contribution in [3.05, 3.63) is 42.5 Å². The third-order valence-electron chi connectivity index (χ3n) is 2.56. The Kier molecular flexibility index (Phi) is 3.57. The summed E-state index contributed by atoms with van der Waals surface area (Å²) in [5.41, 5.74) is 0. The predicted octanol–water partition coefficient (Wildman–Crippen LogP) is 2.26. The summed E-state index contributed by atoms with van der Waals surface area (Å²) in [6.45, 7) is 0.0729. The zero-order chi connectivity index (χ0) is 13.0. The van der Waals surface area contributed by atoms with Crippen LogP contribution in [-0.4, -0.2) is 23.5 Å². The first-order valence-corrected chi connectivity index (χ1v) is 5.54. The normalized spacial score (nSPS) is 10.2. The fraction of sp³-hybridized carbons (Fsp3) is 0.143. The molecule has 0 saturated carbocycles. The molecule has 0 aliphatic rings. The van der Waals surface area contributed by atoms with E-state index in [1.165, 1.54) is 0 Å². The van der Waals surface area contributed by atoms with Gasteiger partial charge >= 0.3 is 5.97 Å². The molecule has 4 heteroatoms. The van der Waals surface area contributed by atoms with E-state index in [0.717, 1.165) is 10.8 Å². The first-order chi connectivity index (χ1) is 8.66. The van der Waals surface area contributed by atoms with Crippen LogP contribution in [0.25, 0.3) is 10.8 Å². The Hall–Kier alpha value is -2.36. The molecule has 2 aromatic carbocycles. The van der Waals surface area contributed by atoms with Crippen LogP contribution in [0.1, 0.15) is 6.42 Å². The molecule has 0 aliphatic heterocycles. The number of benzene rings is 2. The fourth-order valence-corrected chi connectivity index (χ4v) is 1.63. The van der Waals surface area contributed by atoms with Gasteiger partial charge in [-0.05, 0) is 22.9 Å². The minimum absolute atomic E-state index is 0.0729. The molecule has 0 spiro atoms. The van der Waals surface area contributed by atoms with Crippen LogP contribution in [0.4, 0.5) is 0 Å². The number of carbonyl (C=O) groups is 2. The highest BCUT2D eigenvalue weighted by Crippen LogP contribution is 2.20. The molecule has 0 radical (unpaired) electrons. The highest BCUT2D eigenvalue weighted by molar-refractivity contribution is 6.32. The molecule has 0 heterocycles. The number of hydrogen-bond acceptors (Lipinski definition) is 3. The largest absolute Gasteiger partial charge is 0.493 e. The molecule has 2 rings (SSSR count). The Balaban J connectivity index is 2.00. The van der Waals surface area contributed by atoms with Crippen molar-refractivity contribution < 1.29 is 19.4 Å². The molecule has 2 aromatic rings. The summed E-state index contributed by atoms with van der Waals surface area (Å²) in [6, 6.07) is 13.4. The lowest BCUT2D eigenvalue weighted by Gasteiger charge is -2.06. The summed E-state index contributed by atoms with van der Waals surface area (Å²) in [6.07, 6.45) is -0.123. The minimum atomic E-state index is -1.42. The van der Waals surface area contributed by atoms with Gasteiger partial charge in [0.1, 0.15) is 5.75 Å². The second-order valence-electron chi connectivity index (χ2n) is 3.84. The van der Waals surface area contributed by atoms with Crippen LogP contribution in [0.5, 0.6) is 5.75 Å². The molecule has 0 aromatic heterocycles. The van der Waals surface area contributed by atoms with Crippen molar-refractivity contribution in [3.8, 4) is 5.75 Å². The van der Waals surface area contributed by atoms with E-state index in [9.17, 15) is 9.59 Å². The van der Waals surface area contributed by atoms with E-state index in [1.807, 2.05) is 36.4 Å². The summed E-state index contributed by atoms with van der Waals surface area (Å²) in [4.78, 5) is 21.2. The monoisotopic (exact) mass is 244 g/mol. The number of Topliss-reactive ketones (excluding diaryl/α,β-unsaturated/α-hetero) is 1. The van der Waals surface area contributed by atoms with Gasteiger partial charge in [0, 0.05) is 0 Å². The van der Waals surface area contributed by atoms with E-state index in [1.54, 1.807) is 6.07 Å². The molecular formula is C14H12O4. The molecule has 0 unspecified atom stereocenters. The van der Waals surface area contributed by atoms with Gasteiger partial charge in [-0.1, -0.05) is 30.3 Å². The highest BCUT2D eigenvalue weighted by atomic mass is 16.5. The topological polar surface area (TPSA) is 63.6 Å². The van der Waals surface area contributed by atoms with E-state index < -0.39 is 11.8 Å². The quantitative estimate of drug-likeness (QED) is 0.819. The third kappa shape index (κ3) is 2.85. The number of rotatable bonds is 5. The first-order valence-electron chi connectivity index (χ1n) is 5.54. The zero-order valence-corrected chi connectivity index (χ0v) is 9.63. The van der Waals surface area contributed by atoms with Gasteiger partial charge in [-0.2, -0.15) is 0 Å². The van der Waals surface area contributed by atoms with Gasteiger partial charge in [0.05, 0.1) is 13.0 Å². The Morgan fingerprint density at radius 2 is 1.78 bits per heavy atom. The lowest BCUT2D eigenvalue weighted by Crippen LogP contribution is -2.15. The molecule has 0 atom stereocenters. The van der Waals surface area contributed by atoms with Crippen LogP contribution in [0, 0.1) is 0 Å². The van der Waals surface area contributed by atoms with Gasteiger partial charge in [0.2, 0.25) is 5.78 Å². The summed E-state index contributed by atoms with van der Waals surface area (Å²) >= 11 is 0. The van der Waals surface area contributed by atoms with Crippen molar-refractivity contribution in [2.45, 2.75) is 6.42 Å². The smallest absolute Gasteiger partial charge is 0.372 e. The molecule has 92 valence electrons. The number of ketones is 1. The highest BCUT2D eigenvalue weighted by Gasteiger charge is 2.10. The summed E-state index contributed by atoms with van der Waals surface area (Å²) < 4.78 is 5.35. The van der Waals surface area contributed by atoms with Crippen molar-refractivity contribution in [2.75, 3.05) is 6.61 Å². The van der Waals surface area contributed by atoms with Gasteiger partial charge in [0.15, 0.2) is 0 Å². The van der Waals surface area contributed by atoms with Crippen molar-refractivity contribution in [1.29, 1.82) is 0 Å². The predicted molar refractivity (Wildman–Crippen MR) is 66.7 cm³/mol. The van der Waals surface area contributed by atoms with E-state index >= 15 is 0 Å². The summed E-state index contributed by atoms with van der Waals surface area (Å²) in [7, 11) is 0. The molecule has 0 saturated heterocycles. The summed E-state index contributed by atoms with van der Waals surface area (Å²) in [5, 5.41) is 10.6. The number of carbonyl (C=O) groups excluding carboxylic acids is 1. The van der Waals surface area contributed by atoms with Crippen LogP contribution >= 0.6 is 0 Å². The average Bonchev–Trinajstić information content (AvgIpc) is 2.38. The van der Waals surface area contributed by atoms with Crippen LogP contribution in [-0.2, 0) is 9.59 Å². The van der Waals surface area contributed by atoms with Crippen molar-refractivity contribution in [2.24, 2.45) is 0 Å². The third-order valence-corrected chi connectivity index (χ3v) is 2.56. The number of fused-ring (bicyclic) bond motifs is 1. The van der Waals surface area contributed by atoms with Crippen LogP contribution in [0.3, 0.4) is 0 Å². The molecule has 4 nitrogen and oxygen atoms in total. The van der Waals surface area contributed by atoms with Crippen molar-refractivity contribution >= 4 is 22.5 Å². The Labute approximate surface area is 104 Å². The molecule has 0 aliphatic carbocycles. The van der Waals surface area contributed by atoms with Gasteiger partial charge in [-0.25, -0.2) is 4.79 Å². The fourth-order valence-electron chi connectivity index (χ4n) is 1.63. The van der Waals surface area contributed by atoms with Crippen molar-refractivity contribution in [1.82, 2.24) is 0 Å². The molecule has 0 bridgehead atoms. The second-order valence-corrected chi connectivity index (χ2v) is 3.84. The van der Waals surface area contributed by atoms with Crippen LogP contribution in [0.15, 0.2) is 42.5 Å². The number of aliphatic carboxylic acids is 1. The van der Waals surface area contributed by atoms with Crippen LogP contribution in [0.2, 0.25) is 0 Å². The standard InChI is InChI=1S/C14H12O4/c15-13(14(16)17)7-8-18-12-6-5-10-3-1-2-4-11(10)9-12/h1-6,9H,7-8H2,(H,16,17). The maximum absolute atomic E-state index is 10.9. The first kappa shape index (κ1) is 12.1. The minimum Gasteiger partial charge on any atom is -0.493 e. The Morgan fingerprint density at radius 3 is 2.50 bits per heavy atom. The molecule has 18 heavy (non-hydrogen) atoms. The van der Waals surface area contributed by atoms with Gasteiger partial charge in [-0.15, -0.1) is 0 Å². The van der Waals surface area contributed by atoms with E-state index in [2.05, 4.69) is 0 Å². The van der Waals surface area contributed by atoms with E-state index in [-0.39, 0.29) is 13.0 Å². The molecule has 0 fully saturated rings. The average molecular weight is 244 g/mol. The maximum Gasteiger partial charge on any atom is 0.372 e. The Bertz CT molecular complexity index is 589. The lowest BCUT2D eigenvalue weighted by molar-refractivity contribution is -0.149. The van der Waals surface area contributed by atoms with Gasteiger partial charge < -0.3 is 9.84 Å².